The molecule has 4 N–H and O–H groups in total. The smallest absolute Gasteiger partial charge is 0.246 e. The number of nitrogens with zero attached hydrogens (tertiary/aromatic N) is 1. The third-order valence-electron chi connectivity index (χ3n) is 2.58. The van der Waals surface area contributed by atoms with Crippen LogP contribution in [0.4, 0.5) is 4.39 Å². The van der Waals surface area contributed by atoms with Crippen molar-refractivity contribution in [1.82, 2.24) is 4.31 Å². The van der Waals surface area contributed by atoms with Crippen molar-refractivity contribution in [2.24, 2.45) is 5.73 Å². The van der Waals surface area contributed by atoms with Crippen LogP contribution in [-0.4, -0.2) is 55.8 Å². The Labute approximate surface area is 123 Å². The Morgan fingerprint density at radius 1 is 1.24 bits per heavy atom. The highest BCUT2D eigenvalue weighted by Crippen LogP contribution is 2.20. The van der Waals surface area contributed by atoms with Crippen LogP contribution >= 0.6 is 0 Å². The predicted octanol–water partition coefficient (Wildman–Crippen LogP) is -0.889. The fourth-order valence-corrected chi connectivity index (χ4v) is 3.12. The molecule has 0 amide bonds. The van der Waals surface area contributed by atoms with E-state index in [1.807, 2.05) is 0 Å². The first-order valence-electron chi connectivity index (χ1n) is 6.17. The van der Waals surface area contributed by atoms with Gasteiger partial charge in [-0.1, -0.05) is 11.8 Å². The van der Waals surface area contributed by atoms with E-state index in [2.05, 4.69) is 11.8 Å². The van der Waals surface area contributed by atoms with Gasteiger partial charge in [-0.2, -0.15) is 4.31 Å². The molecule has 0 bridgehead atoms. The molecule has 0 aliphatic rings. The third-order valence-corrected chi connectivity index (χ3v) is 4.52. The molecule has 21 heavy (non-hydrogen) atoms. The van der Waals surface area contributed by atoms with Crippen LogP contribution in [0.25, 0.3) is 0 Å². The van der Waals surface area contributed by atoms with E-state index in [9.17, 15) is 12.8 Å². The van der Waals surface area contributed by atoms with E-state index in [1.54, 1.807) is 0 Å². The molecular formula is C13H17FN2O4S. The lowest BCUT2D eigenvalue weighted by Crippen LogP contribution is -2.36. The average molecular weight is 316 g/mol. The lowest BCUT2D eigenvalue weighted by atomic mass is 10.2. The number of rotatable bonds is 6. The normalized spacial score (nSPS) is 11.3. The minimum absolute atomic E-state index is 0.114. The topological polar surface area (TPSA) is 104 Å². The van der Waals surface area contributed by atoms with Gasteiger partial charge in [-0.25, -0.2) is 12.8 Å². The van der Waals surface area contributed by atoms with Crippen molar-refractivity contribution in [3.8, 4) is 11.8 Å². The number of sulfonamides is 1. The molecule has 0 aliphatic heterocycles. The number of hydrogen-bond donors (Lipinski definition) is 3. The fraction of sp³-hybridized carbons (Fsp3) is 0.385. The second kappa shape index (κ2) is 8.07. The number of halogens is 1. The molecular weight excluding hydrogens is 299 g/mol. The van der Waals surface area contributed by atoms with Gasteiger partial charge in [0.1, 0.15) is 10.7 Å². The summed E-state index contributed by atoms with van der Waals surface area (Å²) in [5.74, 6) is 4.19. The lowest BCUT2D eigenvalue weighted by molar-refractivity contribution is 0.217. The first kappa shape index (κ1) is 17.6. The second-order valence-corrected chi connectivity index (χ2v) is 5.91. The Morgan fingerprint density at radius 3 is 2.33 bits per heavy atom. The summed E-state index contributed by atoms with van der Waals surface area (Å²) in [5, 5.41) is 17.7. The summed E-state index contributed by atoms with van der Waals surface area (Å²) < 4.78 is 39.3. The maximum absolute atomic E-state index is 14.0. The molecule has 0 atom stereocenters. The Bertz CT molecular complexity index is 631. The number of aliphatic hydroxyl groups excluding tert-OH is 2. The minimum atomic E-state index is -4.13. The van der Waals surface area contributed by atoms with Crippen molar-refractivity contribution in [3.63, 3.8) is 0 Å². The molecule has 116 valence electrons. The maximum atomic E-state index is 14.0. The Balaban J connectivity index is 3.18. The predicted molar refractivity (Wildman–Crippen MR) is 75.3 cm³/mol. The van der Waals surface area contributed by atoms with Crippen molar-refractivity contribution >= 4 is 10.0 Å². The van der Waals surface area contributed by atoms with Crippen LogP contribution in [0, 0.1) is 17.7 Å². The van der Waals surface area contributed by atoms with Crippen molar-refractivity contribution < 1.29 is 23.0 Å². The van der Waals surface area contributed by atoms with Gasteiger partial charge >= 0.3 is 0 Å². The van der Waals surface area contributed by atoms with Gasteiger partial charge in [0.25, 0.3) is 0 Å². The summed E-state index contributed by atoms with van der Waals surface area (Å²) in [6, 6.07) is 3.48. The lowest BCUT2D eigenvalue weighted by Gasteiger charge is -2.20. The molecule has 6 nitrogen and oxygen atoms in total. The molecule has 0 spiro atoms. The number of benzene rings is 1. The van der Waals surface area contributed by atoms with Gasteiger partial charge in [0.05, 0.1) is 19.8 Å². The molecule has 0 aliphatic carbocycles. The molecule has 8 heteroatoms. The molecule has 1 aromatic rings. The summed E-state index contributed by atoms with van der Waals surface area (Å²) in [5.41, 5.74) is 5.52. The molecule has 0 saturated heterocycles. The van der Waals surface area contributed by atoms with Crippen LogP contribution < -0.4 is 5.73 Å². The summed E-state index contributed by atoms with van der Waals surface area (Å²) >= 11 is 0. The second-order valence-electron chi connectivity index (χ2n) is 4.00. The van der Waals surface area contributed by atoms with Crippen LogP contribution in [0.5, 0.6) is 0 Å². The quantitative estimate of drug-likeness (QED) is 0.591. The minimum Gasteiger partial charge on any atom is -0.395 e. The largest absolute Gasteiger partial charge is 0.395 e. The zero-order valence-corrected chi connectivity index (χ0v) is 12.1. The molecule has 0 radical (unpaired) electrons. The number of nitrogens with two attached hydrogens (primary N) is 1. The Kier molecular flexibility index (Phi) is 6.74. The molecule has 0 unspecified atom stereocenters. The van der Waals surface area contributed by atoms with Gasteiger partial charge in [0.15, 0.2) is 0 Å². The van der Waals surface area contributed by atoms with E-state index in [4.69, 9.17) is 15.9 Å². The van der Waals surface area contributed by atoms with Crippen LogP contribution in [0.15, 0.2) is 23.1 Å². The van der Waals surface area contributed by atoms with Gasteiger partial charge in [0.2, 0.25) is 10.0 Å². The number of aliphatic hydroxyl groups is 2. The monoisotopic (exact) mass is 316 g/mol. The van der Waals surface area contributed by atoms with Gasteiger partial charge in [-0.15, -0.1) is 0 Å². The van der Waals surface area contributed by atoms with E-state index < -0.39 is 33.9 Å². The third kappa shape index (κ3) is 4.49. The zero-order valence-electron chi connectivity index (χ0n) is 11.3. The van der Waals surface area contributed by atoms with Crippen LogP contribution in [0.1, 0.15) is 5.56 Å². The van der Waals surface area contributed by atoms with Gasteiger partial charge in [0, 0.05) is 18.7 Å². The molecule has 0 aromatic heterocycles. The van der Waals surface area contributed by atoms with Gasteiger partial charge in [-0.05, 0) is 18.2 Å². The molecule has 0 fully saturated rings. The Morgan fingerprint density at radius 2 is 1.86 bits per heavy atom. The summed E-state index contributed by atoms with van der Waals surface area (Å²) in [6.07, 6.45) is 0. The van der Waals surface area contributed by atoms with Crippen molar-refractivity contribution in [2.75, 3.05) is 32.8 Å². The average Bonchev–Trinajstić information content (AvgIpc) is 2.44. The highest BCUT2D eigenvalue weighted by atomic mass is 32.2. The zero-order chi connectivity index (χ0) is 15.9. The van der Waals surface area contributed by atoms with E-state index >= 15 is 0 Å². The van der Waals surface area contributed by atoms with Crippen molar-refractivity contribution in [2.45, 2.75) is 4.90 Å². The standard InChI is InChI=1S/C13H17FN2O4S/c14-12-10-11(2-1-5-15)3-4-13(12)21(19,20)16(6-8-17)7-9-18/h3-4,10,17-18H,5-9,15H2. The molecule has 0 saturated carbocycles. The highest BCUT2D eigenvalue weighted by molar-refractivity contribution is 7.89. The Hall–Kier alpha value is -1.50. The van der Waals surface area contributed by atoms with Crippen LogP contribution in [0.3, 0.4) is 0 Å². The summed E-state index contributed by atoms with van der Waals surface area (Å²) in [6.45, 7) is -1.20. The van der Waals surface area contributed by atoms with Crippen LogP contribution in [0.2, 0.25) is 0 Å². The van der Waals surface area contributed by atoms with Gasteiger partial charge < -0.3 is 15.9 Å². The fourth-order valence-electron chi connectivity index (χ4n) is 1.66. The van der Waals surface area contributed by atoms with Crippen molar-refractivity contribution in [1.29, 1.82) is 0 Å². The summed E-state index contributed by atoms with van der Waals surface area (Å²) in [7, 11) is -4.13. The van der Waals surface area contributed by atoms with E-state index in [0.717, 1.165) is 16.4 Å². The number of hydrogen-bond acceptors (Lipinski definition) is 5. The van der Waals surface area contributed by atoms with Gasteiger partial charge in [-0.3, -0.25) is 0 Å². The van der Waals surface area contributed by atoms with E-state index in [0.29, 0.717) is 5.56 Å². The van der Waals surface area contributed by atoms with Crippen LogP contribution in [-0.2, 0) is 10.0 Å². The molecule has 1 aromatic carbocycles. The maximum Gasteiger partial charge on any atom is 0.246 e. The first-order valence-corrected chi connectivity index (χ1v) is 7.61. The molecule has 1 rings (SSSR count). The van der Waals surface area contributed by atoms with E-state index in [-0.39, 0.29) is 19.6 Å². The molecule has 0 heterocycles. The van der Waals surface area contributed by atoms with E-state index in [1.165, 1.54) is 6.07 Å². The first-order chi connectivity index (χ1) is 9.97. The highest BCUT2D eigenvalue weighted by Gasteiger charge is 2.26. The van der Waals surface area contributed by atoms with Crippen molar-refractivity contribution in [3.05, 3.63) is 29.6 Å². The SMILES string of the molecule is NCC#Cc1ccc(S(=O)(=O)N(CCO)CCO)c(F)c1. The summed E-state index contributed by atoms with van der Waals surface area (Å²) in [4.78, 5) is -0.525.